The van der Waals surface area contributed by atoms with Gasteiger partial charge in [0.05, 0.1) is 12.2 Å². The molecular formula is C24H38F2O2. The van der Waals surface area contributed by atoms with Gasteiger partial charge in [0.2, 0.25) is 0 Å². The molecule has 0 aromatic heterocycles. The molecule has 1 rings (SSSR count). The van der Waals surface area contributed by atoms with E-state index in [0.717, 1.165) is 37.5 Å². The van der Waals surface area contributed by atoms with Crippen LogP contribution < -0.4 is 0 Å². The van der Waals surface area contributed by atoms with Gasteiger partial charge < -0.3 is 4.74 Å². The first kappa shape index (κ1) is 24.6. The Morgan fingerprint density at radius 2 is 1.21 bits per heavy atom. The van der Waals surface area contributed by atoms with E-state index >= 15 is 0 Å². The third kappa shape index (κ3) is 12.1. The molecule has 160 valence electrons. The number of carbonyl (C=O) groups excluding carboxylic acids is 1. The second kappa shape index (κ2) is 16.5. The Kier molecular flexibility index (Phi) is 14.5. The Morgan fingerprint density at radius 3 is 1.71 bits per heavy atom. The van der Waals surface area contributed by atoms with Crippen LogP contribution in [0.15, 0.2) is 18.2 Å². The first-order valence-electron chi connectivity index (χ1n) is 11.3. The predicted octanol–water partition coefficient (Wildman–Crippen LogP) is 7.99. The van der Waals surface area contributed by atoms with Crippen molar-refractivity contribution in [3.63, 3.8) is 0 Å². The SMILES string of the molecule is CCCCCCCCCCCCCCCCCOC(=O)c1cc(F)ccc1F. The van der Waals surface area contributed by atoms with Crippen LogP contribution in [0.4, 0.5) is 8.78 Å². The maximum atomic E-state index is 13.5. The molecule has 0 aliphatic rings. The van der Waals surface area contributed by atoms with Crippen molar-refractivity contribution in [3.05, 3.63) is 35.4 Å². The molecule has 2 nitrogen and oxygen atoms in total. The van der Waals surface area contributed by atoms with Gasteiger partial charge in [-0.25, -0.2) is 13.6 Å². The first-order valence-corrected chi connectivity index (χ1v) is 11.3. The molecule has 0 aliphatic heterocycles. The number of rotatable bonds is 17. The second-order valence-electron chi connectivity index (χ2n) is 7.71. The summed E-state index contributed by atoms with van der Waals surface area (Å²) in [6.07, 6.45) is 19.1. The van der Waals surface area contributed by atoms with Crippen molar-refractivity contribution < 1.29 is 18.3 Å². The Labute approximate surface area is 170 Å². The summed E-state index contributed by atoms with van der Waals surface area (Å²) < 4.78 is 31.6. The van der Waals surface area contributed by atoms with Crippen molar-refractivity contribution in [2.45, 2.75) is 103 Å². The average molecular weight is 397 g/mol. The lowest BCUT2D eigenvalue weighted by atomic mass is 10.0. The lowest BCUT2D eigenvalue weighted by molar-refractivity contribution is 0.0491. The molecule has 0 saturated carbocycles. The summed E-state index contributed by atoms with van der Waals surface area (Å²) in [4.78, 5) is 11.7. The van der Waals surface area contributed by atoms with Crippen molar-refractivity contribution in [1.29, 1.82) is 0 Å². The van der Waals surface area contributed by atoms with Gasteiger partial charge in [-0.05, 0) is 24.6 Å². The van der Waals surface area contributed by atoms with E-state index in [1.807, 2.05) is 0 Å². The highest BCUT2D eigenvalue weighted by molar-refractivity contribution is 5.89. The number of halogens is 2. The van der Waals surface area contributed by atoms with Crippen molar-refractivity contribution in [2.75, 3.05) is 6.61 Å². The molecule has 0 spiro atoms. The van der Waals surface area contributed by atoms with Crippen LogP contribution in [0.25, 0.3) is 0 Å². The summed E-state index contributed by atoms with van der Waals surface area (Å²) in [6.45, 7) is 2.51. The smallest absolute Gasteiger partial charge is 0.341 e. The lowest BCUT2D eigenvalue weighted by Gasteiger charge is -2.06. The van der Waals surface area contributed by atoms with E-state index in [1.165, 1.54) is 77.0 Å². The molecular weight excluding hydrogens is 358 g/mol. The Hall–Kier alpha value is -1.45. The van der Waals surface area contributed by atoms with E-state index in [1.54, 1.807) is 0 Å². The molecule has 0 N–H and O–H groups in total. The normalized spacial score (nSPS) is 11.0. The maximum Gasteiger partial charge on any atom is 0.341 e. The summed E-state index contributed by atoms with van der Waals surface area (Å²) in [7, 11) is 0. The highest BCUT2D eigenvalue weighted by atomic mass is 19.1. The fourth-order valence-electron chi connectivity index (χ4n) is 3.37. The van der Waals surface area contributed by atoms with Crippen LogP contribution in [0.5, 0.6) is 0 Å². The van der Waals surface area contributed by atoms with E-state index in [4.69, 9.17) is 4.74 Å². The van der Waals surface area contributed by atoms with Gasteiger partial charge in [-0.3, -0.25) is 0 Å². The van der Waals surface area contributed by atoms with Gasteiger partial charge in [-0.15, -0.1) is 0 Å². The Morgan fingerprint density at radius 1 is 0.750 bits per heavy atom. The quantitative estimate of drug-likeness (QED) is 0.197. The van der Waals surface area contributed by atoms with Gasteiger partial charge in [0.15, 0.2) is 0 Å². The topological polar surface area (TPSA) is 26.3 Å². The molecule has 1 aromatic carbocycles. The zero-order valence-electron chi connectivity index (χ0n) is 17.6. The number of hydrogen-bond acceptors (Lipinski definition) is 2. The third-order valence-electron chi connectivity index (χ3n) is 5.13. The van der Waals surface area contributed by atoms with Gasteiger partial charge >= 0.3 is 5.97 Å². The van der Waals surface area contributed by atoms with Crippen molar-refractivity contribution in [2.24, 2.45) is 0 Å². The number of carbonyl (C=O) groups is 1. The van der Waals surface area contributed by atoms with E-state index in [9.17, 15) is 13.6 Å². The molecule has 1 aromatic rings. The van der Waals surface area contributed by atoms with Gasteiger partial charge in [-0.2, -0.15) is 0 Å². The van der Waals surface area contributed by atoms with E-state index in [-0.39, 0.29) is 12.2 Å². The molecule has 0 atom stereocenters. The van der Waals surface area contributed by atoms with Gasteiger partial charge in [0.25, 0.3) is 0 Å². The van der Waals surface area contributed by atoms with Gasteiger partial charge in [0.1, 0.15) is 11.6 Å². The van der Waals surface area contributed by atoms with Crippen LogP contribution in [0.1, 0.15) is 114 Å². The van der Waals surface area contributed by atoms with Crippen molar-refractivity contribution in [1.82, 2.24) is 0 Å². The van der Waals surface area contributed by atoms with Gasteiger partial charge in [0, 0.05) is 0 Å². The second-order valence-corrected chi connectivity index (χ2v) is 7.71. The summed E-state index contributed by atoms with van der Waals surface area (Å²) >= 11 is 0. The number of benzene rings is 1. The number of ether oxygens (including phenoxy) is 1. The fourth-order valence-corrected chi connectivity index (χ4v) is 3.37. The maximum absolute atomic E-state index is 13.5. The summed E-state index contributed by atoms with van der Waals surface area (Å²) in [5, 5.41) is 0. The molecule has 0 radical (unpaired) electrons. The number of hydrogen-bond donors (Lipinski definition) is 0. The highest BCUT2D eigenvalue weighted by Gasteiger charge is 2.13. The van der Waals surface area contributed by atoms with Crippen LogP contribution in [0.2, 0.25) is 0 Å². The Bertz CT molecular complexity index is 531. The molecule has 0 bridgehead atoms. The number of esters is 1. The fraction of sp³-hybridized carbons (Fsp3) is 0.708. The number of unbranched alkanes of at least 4 members (excludes halogenated alkanes) is 14. The zero-order chi connectivity index (χ0) is 20.5. The van der Waals surface area contributed by atoms with Crippen molar-refractivity contribution in [3.8, 4) is 0 Å². The summed E-state index contributed by atoms with van der Waals surface area (Å²) in [5.74, 6) is -2.18. The largest absolute Gasteiger partial charge is 0.462 e. The molecule has 0 amide bonds. The molecule has 28 heavy (non-hydrogen) atoms. The van der Waals surface area contributed by atoms with Crippen LogP contribution >= 0.6 is 0 Å². The Balaban J connectivity index is 1.87. The summed E-state index contributed by atoms with van der Waals surface area (Å²) in [6, 6.07) is 2.81. The van der Waals surface area contributed by atoms with E-state index < -0.39 is 17.6 Å². The minimum Gasteiger partial charge on any atom is -0.462 e. The van der Waals surface area contributed by atoms with Gasteiger partial charge in [-0.1, -0.05) is 96.8 Å². The molecule has 0 fully saturated rings. The van der Waals surface area contributed by atoms with Crippen LogP contribution in [0.3, 0.4) is 0 Å². The average Bonchev–Trinajstić information content (AvgIpc) is 2.69. The zero-order valence-corrected chi connectivity index (χ0v) is 17.6. The van der Waals surface area contributed by atoms with E-state index in [2.05, 4.69) is 6.92 Å². The van der Waals surface area contributed by atoms with E-state index in [0.29, 0.717) is 0 Å². The third-order valence-corrected chi connectivity index (χ3v) is 5.13. The van der Waals surface area contributed by atoms with Crippen LogP contribution in [0, 0.1) is 11.6 Å². The van der Waals surface area contributed by atoms with Crippen LogP contribution in [-0.2, 0) is 4.74 Å². The predicted molar refractivity (Wildman–Crippen MR) is 112 cm³/mol. The van der Waals surface area contributed by atoms with Crippen molar-refractivity contribution >= 4 is 5.97 Å². The van der Waals surface area contributed by atoms with Crippen LogP contribution in [-0.4, -0.2) is 12.6 Å². The molecule has 0 saturated heterocycles. The standard InChI is InChI=1S/C24H38F2O2/c1-2-3-4-5-6-7-8-9-10-11-12-13-14-15-16-19-28-24(27)22-20-21(25)17-18-23(22)26/h17-18,20H,2-16,19H2,1H3. The minimum atomic E-state index is -0.789. The molecule has 0 aliphatic carbocycles. The molecule has 0 unspecified atom stereocenters. The molecule has 0 heterocycles. The highest BCUT2D eigenvalue weighted by Crippen LogP contribution is 2.14. The molecule has 4 heteroatoms. The minimum absolute atomic E-state index is 0.257. The first-order chi connectivity index (χ1) is 13.6. The lowest BCUT2D eigenvalue weighted by Crippen LogP contribution is -2.09. The summed E-state index contributed by atoms with van der Waals surface area (Å²) in [5.41, 5.74) is -0.332. The monoisotopic (exact) mass is 396 g/mol.